The molecule has 0 aliphatic heterocycles. The van der Waals surface area contributed by atoms with Crippen molar-refractivity contribution < 1.29 is 8.81 Å². The summed E-state index contributed by atoms with van der Waals surface area (Å²) in [6.07, 6.45) is 0.860. The standard InChI is InChI=1S/C22H30FN5O.HI/c1-7-24-22(26-13(2)10-19-15(4)27-28(6)16(19)5)25-12-21-14(3)18-11-17(23)8-9-20(18)29-21;/h8-9,11,13H,7,10,12H2,1-6H3,(H2,24,25,26);1H. The van der Waals surface area contributed by atoms with Crippen LogP contribution in [0.15, 0.2) is 27.6 Å². The number of furan rings is 1. The van der Waals surface area contributed by atoms with Crippen molar-refractivity contribution in [1.29, 1.82) is 0 Å². The second-order valence-electron chi connectivity index (χ2n) is 7.51. The number of halogens is 2. The molecule has 0 aliphatic carbocycles. The zero-order valence-electron chi connectivity index (χ0n) is 18.5. The summed E-state index contributed by atoms with van der Waals surface area (Å²) in [5, 5.41) is 12.0. The first-order chi connectivity index (χ1) is 13.8. The molecular formula is C22H31FIN5O. The summed E-state index contributed by atoms with van der Waals surface area (Å²) in [6.45, 7) is 11.4. The van der Waals surface area contributed by atoms with E-state index in [0.29, 0.717) is 12.1 Å². The number of nitrogens with zero attached hydrogens (tertiary/aromatic N) is 3. The van der Waals surface area contributed by atoms with Crippen LogP contribution < -0.4 is 10.6 Å². The fourth-order valence-electron chi connectivity index (χ4n) is 3.57. The zero-order chi connectivity index (χ0) is 21.1. The molecule has 0 radical (unpaired) electrons. The number of aryl methyl sites for hydroxylation is 3. The maximum absolute atomic E-state index is 13.5. The summed E-state index contributed by atoms with van der Waals surface area (Å²) in [5.74, 6) is 1.21. The van der Waals surface area contributed by atoms with Gasteiger partial charge in [-0.1, -0.05) is 0 Å². The predicted octanol–water partition coefficient (Wildman–Crippen LogP) is 4.53. The van der Waals surface area contributed by atoms with Gasteiger partial charge in [0.2, 0.25) is 0 Å². The first-order valence-electron chi connectivity index (χ1n) is 10.0. The molecule has 0 saturated carbocycles. The number of rotatable bonds is 6. The maximum atomic E-state index is 13.5. The summed E-state index contributed by atoms with van der Waals surface area (Å²) >= 11 is 0. The molecule has 0 aliphatic rings. The van der Waals surface area contributed by atoms with Gasteiger partial charge in [-0.2, -0.15) is 5.10 Å². The van der Waals surface area contributed by atoms with E-state index < -0.39 is 0 Å². The highest BCUT2D eigenvalue weighted by Crippen LogP contribution is 2.26. The van der Waals surface area contributed by atoms with E-state index in [1.54, 1.807) is 6.07 Å². The van der Waals surface area contributed by atoms with E-state index in [1.165, 1.54) is 23.4 Å². The van der Waals surface area contributed by atoms with Gasteiger partial charge in [0.05, 0.1) is 5.69 Å². The number of benzene rings is 1. The monoisotopic (exact) mass is 527 g/mol. The number of hydrogen-bond donors (Lipinski definition) is 2. The van der Waals surface area contributed by atoms with Crippen molar-refractivity contribution in [2.45, 2.75) is 53.6 Å². The van der Waals surface area contributed by atoms with Gasteiger partial charge in [0.1, 0.15) is 23.7 Å². The van der Waals surface area contributed by atoms with Gasteiger partial charge < -0.3 is 15.1 Å². The minimum atomic E-state index is -0.263. The van der Waals surface area contributed by atoms with Crippen molar-refractivity contribution in [2.24, 2.45) is 12.0 Å². The Kier molecular flexibility index (Phi) is 8.28. The molecule has 164 valence electrons. The van der Waals surface area contributed by atoms with Crippen molar-refractivity contribution in [3.8, 4) is 0 Å². The largest absolute Gasteiger partial charge is 0.459 e. The SMILES string of the molecule is CCNC(=NCc1oc2ccc(F)cc2c1C)NC(C)Cc1c(C)nn(C)c1C.I. The van der Waals surface area contributed by atoms with E-state index in [-0.39, 0.29) is 35.8 Å². The summed E-state index contributed by atoms with van der Waals surface area (Å²) < 4.78 is 21.3. The minimum absolute atomic E-state index is 0. The predicted molar refractivity (Wildman–Crippen MR) is 130 cm³/mol. The Morgan fingerprint density at radius 1 is 1.30 bits per heavy atom. The van der Waals surface area contributed by atoms with Crippen molar-refractivity contribution in [2.75, 3.05) is 6.54 Å². The summed E-state index contributed by atoms with van der Waals surface area (Å²) in [7, 11) is 1.97. The van der Waals surface area contributed by atoms with Crippen LogP contribution in [0.3, 0.4) is 0 Å². The van der Waals surface area contributed by atoms with Crippen LogP contribution in [0.4, 0.5) is 4.39 Å². The fourth-order valence-corrected chi connectivity index (χ4v) is 3.57. The third kappa shape index (κ3) is 5.33. The molecular weight excluding hydrogens is 496 g/mol. The van der Waals surface area contributed by atoms with Crippen LogP contribution in [0.25, 0.3) is 11.0 Å². The molecule has 6 nitrogen and oxygen atoms in total. The average molecular weight is 527 g/mol. The van der Waals surface area contributed by atoms with Gasteiger partial charge >= 0.3 is 0 Å². The van der Waals surface area contributed by atoms with E-state index in [9.17, 15) is 4.39 Å². The maximum Gasteiger partial charge on any atom is 0.191 e. The average Bonchev–Trinajstić information content (AvgIpc) is 3.10. The van der Waals surface area contributed by atoms with Gasteiger partial charge in [0, 0.05) is 36.3 Å². The number of guanidine groups is 1. The Hall–Kier alpha value is -2.10. The van der Waals surface area contributed by atoms with Gasteiger partial charge in [0.15, 0.2) is 5.96 Å². The number of fused-ring (bicyclic) bond motifs is 1. The molecule has 8 heteroatoms. The van der Waals surface area contributed by atoms with E-state index in [4.69, 9.17) is 4.42 Å². The van der Waals surface area contributed by atoms with E-state index in [2.05, 4.69) is 34.6 Å². The van der Waals surface area contributed by atoms with Crippen LogP contribution in [-0.4, -0.2) is 28.3 Å². The Bertz CT molecular complexity index is 1040. The molecule has 3 aromatic rings. The number of aliphatic imine (C=N–C) groups is 1. The molecule has 0 amide bonds. The first-order valence-corrected chi connectivity index (χ1v) is 10.0. The summed E-state index contributed by atoms with van der Waals surface area (Å²) in [4.78, 5) is 4.68. The third-order valence-corrected chi connectivity index (χ3v) is 5.27. The summed E-state index contributed by atoms with van der Waals surface area (Å²) in [5.41, 5.74) is 5.11. The van der Waals surface area contributed by atoms with Gasteiger partial charge in [-0.3, -0.25) is 4.68 Å². The topological polar surface area (TPSA) is 67.4 Å². The molecule has 3 rings (SSSR count). The van der Waals surface area contributed by atoms with Crippen LogP contribution in [0, 0.1) is 26.6 Å². The molecule has 0 fully saturated rings. The lowest BCUT2D eigenvalue weighted by atomic mass is 10.1. The van der Waals surface area contributed by atoms with Gasteiger partial charge in [0.25, 0.3) is 0 Å². The third-order valence-electron chi connectivity index (χ3n) is 5.27. The van der Waals surface area contributed by atoms with Crippen LogP contribution >= 0.6 is 24.0 Å². The first kappa shape index (κ1) is 24.2. The molecule has 2 aromatic heterocycles. The smallest absolute Gasteiger partial charge is 0.191 e. The normalized spacial score (nSPS) is 12.7. The molecule has 1 unspecified atom stereocenters. The molecule has 0 spiro atoms. The van der Waals surface area contributed by atoms with Crippen LogP contribution in [0.2, 0.25) is 0 Å². The van der Waals surface area contributed by atoms with Crippen LogP contribution in [0.1, 0.15) is 42.1 Å². The molecule has 1 atom stereocenters. The Morgan fingerprint density at radius 3 is 2.67 bits per heavy atom. The highest BCUT2D eigenvalue weighted by atomic mass is 127. The van der Waals surface area contributed by atoms with E-state index >= 15 is 0 Å². The fraction of sp³-hybridized carbons (Fsp3) is 0.455. The second kappa shape index (κ2) is 10.3. The number of hydrogen-bond acceptors (Lipinski definition) is 3. The molecule has 2 heterocycles. The number of aromatic nitrogens is 2. The Morgan fingerprint density at radius 2 is 2.03 bits per heavy atom. The van der Waals surface area contributed by atoms with Crippen molar-refractivity contribution in [3.63, 3.8) is 0 Å². The van der Waals surface area contributed by atoms with E-state index in [0.717, 1.165) is 41.3 Å². The molecule has 30 heavy (non-hydrogen) atoms. The highest BCUT2D eigenvalue weighted by Gasteiger charge is 2.15. The van der Waals surface area contributed by atoms with Crippen LogP contribution in [0.5, 0.6) is 0 Å². The Labute approximate surface area is 194 Å². The van der Waals surface area contributed by atoms with Crippen molar-refractivity contribution in [1.82, 2.24) is 20.4 Å². The molecule has 0 bridgehead atoms. The van der Waals surface area contributed by atoms with E-state index in [1.807, 2.05) is 32.5 Å². The molecule has 0 saturated heterocycles. The number of nitrogens with one attached hydrogen (secondary N) is 2. The van der Waals surface area contributed by atoms with Crippen LogP contribution in [-0.2, 0) is 20.0 Å². The second-order valence-corrected chi connectivity index (χ2v) is 7.51. The molecule has 1 aromatic carbocycles. The van der Waals surface area contributed by atoms with Gasteiger partial charge in [-0.05, 0) is 64.8 Å². The minimum Gasteiger partial charge on any atom is -0.459 e. The van der Waals surface area contributed by atoms with Crippen molar-refractivity contribution in [3.05, 3.63) is 52.3 Å². The van der Waals surface area contributed by atoms with Gasteiger partial charge in [-0.25, -0.2) is 9.38 Å². The zero-order valence-corrected chi connectivity index (χ0v) is 20.8. The molecule has 2 N–H and O–H groups in total. The quantitative estimate of drug-likeness (QED) is 0.281. The lowest BCUT2D eigenvalue weighted by molar-refractivity contribution is 0.545. The lowest BCUT2D eigenvalue weighted by Gasteiger charge is -2.18. The Balaban J connectivity index is 0.00000320. The highest BCUT2D eigenvalue weighted by molar-refractivity contribution is 14.0. The summed E-state index contributed by atoms with van der Waals surface area (Å²) in [6, 6.07) is 4.76. The lowest BCUT2D eigenvalue weighted by Crippen LogP contribution is -2.43. The van der Waals surface area contributed by atoms with Crippen molar-refractivity contribution >= 4 is 40.9 Å². The van der Waals surface area contributed by atoms with Gasteiger partial charge in [-0.15, -0.1) is 24.0 Å².